The van der Waals surface area contributed by atoms with Crippen LogP contribution in [0.1, 0.15) is 5.56 Å². The molecule has 0 aliphatic rings. The van der Waals surface area contributed by atoms with E-state index in [9.17, 15) is 17.2 Å². The Hall–Kier alpha value is -2.05. The van der Waals surface area contributed by atoms with Crippen LogP contribution in [0.4, 0.5) is 8.78 Å². The number of fused-ring (bicyclic) bond motifs is 1. The molecule has 0 unspecified atom stereocenters. The van der Waals surface area contributed by atoms with E-state index in [4.69, 9.17) is 11.6 Å². The average Bonchev–Trinajstić information content (AvgIpc) is 2.49. The predicted molar refractivity (Wildman–Crippen MR) is 83.3 cm³/mol. The SMILES string of the molecule is Cc1ccc(S(=O)(=O)c2cnc3cc(F)ccc3c2Cl)cc1F. The first kappa shape index (κ1) is 15.8. The lowest BCUT2D eigenvalue weighted by Crippen LogP contribution is -2.05. The molecule has 0 saturated carbocycles. The summed E-state index contributed by atoms with van der Waals surface area (Å²) >= 11 is 6.16. The van der Waals surface area contributed by atoms with Crippen LogP contribution >= 0.6 is 11.6 Å². The van der Waals surface area contributed by atoms with Gasteiger partial charge in [0.15, 0.2) is 0 Å². The second-order valence-electron chi connectivity index (χ2n) is 5.01. The zero-order valence-corrected chi connectivity index (χ0v) is 13.4. The number of aromatic nitrogens is 1. The van der Waals surface area contributed by atoms with E-state index in [0.717, 1.165) is 24.4 Å². The van der Waals surface area contributed by atoms with Crippen molar-refractivity contribution in [2.75, 3.05) is 0 Å². The van der Waals surface area contributed by atoms with Gasteiger partial charge in [-0.15, -0.1) is 0 Å². The van der Waals surface area contributed by atoms with Crippen LogP contribution in [0.3, 0.4) is 0 Å². The van der Waals surface area contributed by atoms with Gasteiger partial charge in [-0.1, -0.05) is 17.7 Å². The molecule has 3 rings (SSSR count). The van der Waals surface area contributed by atoms with Crippen molar-refractivity contribution in [3.05, 3.63) is 64.8 Å². The molecular weight excluding hydrogens is 344 g/mol. The van der Waals surface area contributed by atoms with Gasteiger partial charge in [-0.25, -0.2) is 17.2 Å². The number of pyridine rings is 1. The maximum atomic E-state index is 13.7. The Kier molecular flexibility index (Phi) is 3.82. The standard InChI is InChI=1S/C16H10ClF2NO2S/c1-9-2-4-11(7-13(9)19)23(21,22)15-8-20-14-6-10(18)3-5-12(14)16(15)17/h2-8H,1H3. The van der Waals surface area contributed by atoms with E-state index in [-0.39, 0.29) is 20.3 Å². The largest absolute Gasteiger partial charge is 0.255 e. The lowest BCUT2D eigenvalue weighted by atomic mass is 10.2. The Morgan fingerprint density at radius 3 is 2.52 bits per heavy atom. The molecule has 0 bridgehead atoms. The van der Waals surface area contributed by atoms with Gasteiger partial charge in [0.25, 0.3) is 0 Å². The van der Waals surface area contributed by atoms with Crippen molar-refractivity contribution >= 4 is 32.3 Å². The molecule has 3 aromatic rings. The zero-order valence-electron chi connectivity index (χ0n) is 11.8. The van der Waals surface area contributed by atoms with Crippen molar-refractivity contribution in [3.8, 4) is 0 Å². The van der Waals surface area contributed by atoms with Crippen molar-refractivity contribution in [1.82, 2.24) is 4.98 Å². The topological polar surface area (TPSA) is 47.0 Å². The minimum Gasteiger partial charge on any atom is -0.255 e. The molecule has 0 N–H and O–H groups in total. The third-order valence-electron chi connectivity index (χ3n) is 3.48. The highest BCUT2D eigenvalue weighted by molar-refractivity contribution is 7.91. The fraction of sp³-hybridized carbons (Fsp3) is 0.0625. The summed E-state index contributed by atoms with van der Waals surface area (Å²) < 4.78 is 52.2. The summed E-state index contributed by atoms with van der Waals surface area (Å²) in [5.41, 5.74) is 0.575. The van der Waals surface area contributed by atoms with Gasteiger partial charge in [0.2, 0.25) is 9.84 Å². The highest BCUT2D eigenvalue weighted by Gasteiger charge is 2.24. The molecule has 0 aliphatic heterocycles. The summed E-state index contributed by atoms with van der Waals surface area (Å²) in [5.74, 6) is -1.13. The molecule has 0 atom stereocenters. The van der Waals surface area contributed by atoms with Crippen LogP contribution in [0.15, 0.2) is 52.4 Å². The van der Waals surface area contributed by atoms with Crippen LogP contribution in [-0.4, -0.2) is 13.4 Å². The molecule has 0 amide bonds. The zero-order chi connectivity index (χ0) is 16.8. The number of hydrogen-bond donors (Lipinski definition) is 0. The number of halogens is 3. The van der Waals surface area contributed by atoms with Gasteiger partial charge in [0, 0.05) is 17.6 Å². The van der Waals surface area contributed by atoms with Crippen LogP contribution < -0.4 is 0 Å². The normalized spacial score (nSPS) is 11.8. The summed E-state index contributed by atoms with van der Waals surface area (Å²) in [5, 5.41) is 0.234. The molecule has 3 nitrogen and oxygen atoms in total. The first-order valence-corrected chi connectivity index (χ1v) is 8.42. The minimum atomic E-state index is -4.04. The smallest absolute Gasteiger partial charge is 0.209 e. The molecule has 0 spiro atoms. The molecule has 1 aromatic heterocycles. The first-order chi connectivity index (χ1) is 10.8. The molecule has 2 aromatic carbocycles. The molecule has 0 saturated heterocycles. The molecule has 1 heterocycles. The summed E-state index contributed by atoms with van der Waals surface area (Å²) in [6.45, 7) is 1.53. The quantitative estimate of drug-likeness (QED) is 0.689. The Balaban J connectivity index is 2.24. The first-order valence-electron chi connectivity index (χ1n) is 6.56. The number of sulfone groups is 1. The Labute approximate surface area is 136 Å². The van der Waals surface area contributed by atoms with Gasteiger partial charge in [-0.2, -0.15) is 0 Å². The molecule has 23 heavy (non-hydrogen) atoms. The second kappa shape index (κ2) is 5.54. The highest BCUT2D eigenvalue weighted by Crippen LogP contribution is 2.33. The number of benzene rings is 2. The summed E-state index contributed by atoms with van der Waals surface area (Å²) in [6, 6.07) is 7.30. The van der Waals surface area contributed by atoms with Crippen molar-refractivity contribution < 1.29 is 17.2 Å². The Bertz CT molecular complexity index is 1040. The number of nitrogens with zero attached hydrogens (tertiary/aromatic N) is 1. The van der Waals surface area contributed by atoms with Gasteiger partial charge in [-0.05, 0) is 36.8 Å². The van der Waals surface area contributed by atoms with E-state index < -0.39 is 21.5 Å². The van der Waals surface area contributed by atoms with Gasteiger partial charge in [-0.3, -0.25) is 4.98 Å². The molecule has 0 fully saturated rings. The van der Waals surface area contributed by atoms with E-state index in [1.54, 1.807) is 0 Å². The van der Waals surface area contributed by atoms with E-state index in [0.29, 0.717) is 10.9 Å². The Morgan fingerprint density at radius 1 is 1.09 bits per heavy atom. The average molecular weight is 354 g/mol. The van der Waals surface area contributed by atoms with Gasteiger partial charge in [0.05, 0.1) is 15.4 Å². The monoisotopic (exact) mass is 353 g/mol. The highest BCUT2D eigenvalue weighted by atomic mass is 35.5. The molecule has 118 valence electrons. The summed E-state index contributed by atoms with van der Waals surface area (Å²) in [4.78, 5) is 3.47. The molecular formula is C16H10ClF2NO2S. The second-order valence-corrected chi connectivity index (χ2v) is 7.31. The van der Waals surface area contributed by atoms with Gasteiger partial charge < -0.3 is 0 Å². The van der Waals surface area contributed by atoms with Crippen molar-refractivity contribution in [2.45, 2.75) is 16.7 Å². The third kappa shape index (κ3) is 2.68. The van der Waals surface area contributed by atoms with Crippen LogP contribution in [-0.2, 0) is 9.84 Å². The van der Waals surface area contributed by atoms with E-state index in [1.807, 2.05) is 0 Å². The fourth-order valence-corrected chi connectivity index (χ4v) is 3.98. The fourth-order valence-electron chi connectivity index (χ4n) is 2.17. The van der Waals surface area contributed by atoms with Crippen LogP contribution in [0, 0.1) is 18.6 Å². The van der Waals surface area contributed by atoms with Crippen LogP contribution in [0.25, 0.3) is 10.9 Å². The number of aryl methyl sites for hydroxylation is 1. The Morgan fingerprint density at radius 2 is 1.83 bits per heavy atom. The van der Waals surface area contributed by atoms with Gasteiger partial charge in [0.1, 0.15) is 16.5 Å². The lowest BCUT2D eigenvalue weighted by molar-refractivity contribution is 0.589. The number of rotatable bonds is 2. The van der Waals surface area contributed by atoms with E-state index in [2.05, 4.69) is 4.98 Å². The maximum absolute atomic E-state index is 13.7. The van der Waals surface area contributed by atoms with E-state index in [1.165, 1.54) is 25.1 Å². The van der Waals surface area contributed by atoms with Crippen molar-refractivity contribution in [1.29, 1.82) is 0 Å². The summed E-state index contributed by atoms with van der Waals surface area (Å²) in [6.07, 6.45) is 1.05. The maximum Gasteiger partial charge on any atom is 0.209 e. The minimum absolute atomic E-state index is 0.0732. The number of hydrogen-bond acceptors (Lipinski definition) is 3. The molecule has 7 heteroatoms. The lowest BCUT2D eigenvalue weighted by Gasteiger charge is -2.09. The molecule has 0 radical (unpaired) electrons. The third-order valence-corrected chi connectivity index (χ3v) is 5.76. The summed E-state index contributed by atoms with van der Waals surface area (Å²) in [7, 11) is -4.04. The van der Waals surface area contributed by atoms with Crippen molar-refractivity contribution in [2.24, 2.45) is 0 Å². The van der Waals surface area contributed by atoms with Crippen molar-refractivity contribution in [3.63, 3.8) is 0 Å². The van der Waals surface area contributed by atoms with Gasteiger partial charge >= 0.3 is 0 Å². The van der Waals surface area contributed by atoms with Crippen LogP contribution in [0.5, 0.6) is 0 Å². The van der Waals surface area contributed by atoms with E-state index >= 15 is 0 Å². The van der Waals surface area contributed by atoms with Crippen LogP contribution in [0.2, 0.25) is 5.02 Å². The molecule has 0 aliphatic carbocycles. The predicted octanol–water partition coefficient (Wildman–Crippen LogP) is 4.31.